The molecule has 0 spiro atoms. The van der Waals surface area contributed by atoms with Crippen LogP contribution in [-0.4, -0.2) is 96.2 Å². The topological polar surface area (TPSA) is 194 Å². The van der Waals surface area contributed by atoms with E-state index in [-0.39, 0.29) is 35.4 Å². The van der Waals surface area contributed by atoms with Gasteiger partial charge in [-0.3, -0.25) is 33.7 Å². The molecule has 3 saturated carbocycles. The van der Waals surface area contributed by atoms with Crippen molar-refractivity contribution in [2.75, 3.05) is 44.2 Å². The van der Waals surface area contributed by atoms with Crippen molar-refractivity contribution < 1.29 is 37.2 Å². The quantitative estimate of drug-likeness (QED) is 0.128. The Balaban J connectivity index is 0.763. The van der Waals surface area contributed by atoms with Gasteiger partial charge in [0.05, 0.1) is 16.6 Å². The van der Waals surface area contributed by atoms with E-state index in [2.05, 4.69) is 30.6 Å². The van der Waals surface area contributed by atoms with Crippen LogP contribution in [0, 0.1) is 22.9 Å². The Hall–Kier alpha value is -6.11. The number of carbonyl (C=O) groups is 3. The van der Waals surface area contributed by atoms with E-state index in [1.54, 1.807) is 23.9 Å². The molecule has 0 radical (unpaired) electrons. The predicted molar refractivity (Wildman–Crippen MR) is 213 cm³/mol. The fraction of sp³-hybridized carbons (Fsp3) is 0.476. The molecule has 2 aromatic carbocycles. The second-order valence-corrected chi connectivity index (χ2v) is 16.9. The van der Waals surface area contributed by atoms with Crippen molar-refractivity contribution in [3.8, 4) is 17.3 Å². The Morgan fingerprint density at radius 2 is 1.72 bits per heavy atom. The van der Waals surface area contributed by atoms with E-state index < -0.39 is 46.6 Å². The monoisotopic (exact) mass is 842 g/mol. The van der Waals surface area contributed by atoms with Crippen LogP contribution in [0.5, 0.6) is 5.75 Å². The van der Waals surface area contributed by atoms with Crippen molar-refractivity contribution in [3.05, 3.63) is 81.4 Å². The van der Waals surface area contributed by atoms with Gasteiger partial charge >= 0.3 is 5.69 Å². The summed E-state index contributed by atoms with van der Waals surface area (Å²) in [5.41, 5.74) is 1.43. The van der Waals surface area contributed by atoms with Crippen LogP contribution in [0.25, 0.3) is 22.6 Å². The molecule has 61 heavy (non-hydrogen) atoms. The summed E-state index contributed by atoms with van der Waals surface area (Å²) in [6.45, 7) is 4.26. The van der Waals surface area contributed by atoms with Crippen LogP contribution in [0.15, 0.2) is 45.8 Å². The lowest BCUT2D eigenvalue weighted by atomic mass is 9.53. The van der Waals surface area contributed by atoms with Crippen LogP contribution < -0.4 is 21.2 Å². The number of piperidine rings is 1. The third-order valence-electron chi connectivity index (χ3n) is 13.4. The standard InChI is InChI=1S/C42H45F3N10O6/c1-52-30-21-24(4-5-28(30)55(40(52)60)29-6-7-31(56)49-36(29)59)3-2-16-53-17-19-54(20-18-53)39-46-15-8-27(48-39)37-50-38(51-61-37)42-12-9-41(10-13-42,11-14-42)23-47-35(58)25-22-26(43)34(57)33(45)32(25)44/h4-5,8,15,21-22,29,57H,2-3,6-7,9-14,16-20,23H2,1H3,(H,47,58)(H,49,56,59)/t29-,41?,42?/m1/s1. The average Bonchev–Trinajstić information content (AvgIpc) is 3.88. The predicted octanol–water partition coefficient (Wildman–Crippen LogP) is 4.06. The molecule has 3 amide bonds. The Morgan fingerprint density at radius 1 is 0.967 bits per heavy atom. The number of nitrogens with zero attached hydrogens (tertiary/aromatic N) is 8. The van der Waals surface area contributed by atoms with Crippen LogP contribution in [-0.2, 0) is 28.5 Å². The minimum Gasteiger partial charge on any atom is -0.503 e. The van der Waals surface area contributed by atoms with Crippen LogP contribution in [0.4, 0.5) is 19.1 Å². The number of nitrogens with one attached hydrogen (secondary N) is 2. The maximum absolute atomic E-state index is 14.3. The number of rotatable bonds is 11. The summed E-state index contributed by atoms with van der Waals surface area (Å²) in [6.07, 6.45) is 8.37. The van der Waals surface area contributed by atoms with Crippen molar-refractivity contribution in [3.63, 3.8) is 0 Å². The Bertz CT molecular complexity index is 2590. The van der Waals surface area contributed by atoms with Crippen molar-refractivity contribution in [1.29, 1.82) is 0 Å². The number of piperazine rings is 1. The zero-order valence-electron chi connectivity index (χ0n) is 33.6. The minimum atomic E-state index is -1.80. The summed E-state index contributed by atoms with van der Waals surface area (Å²) in [5.74, 6) is -6.47. The smallest absolute Gasteiger partial charge is 0.329 e. The summed E-state index contributed by atoms with van der Waals surface area (Å²) >= 11 is 0. The second-order valence-electron chi connectivity index (χ2n) is 16.9. The highest BCUT2D eigenvalue weighted by Crippen LogP contribution is 2.57. The first-order valence-electron chi connectivity index (χ1n) is 20.7. The molecule has 5 aliphatic rings. The van der Waals surface area contributed by atoms with E-state index in [9.17, 15) is 37.5 Å². The number of amides is 3. The first kappa shape index (κ1) is 40.3. The van der Waals surface area contributed by atoms with E-state index >= 15 is 0 Å². The van der Waals surface area contributed by atoms with E-state index in [4.69, 9.17) is 14.5 Å². The van der Waals surface area contributed by atoms with Gasteiger partial charge < -0.3 is 19.8 Å². The molecular formula is C42H45F3N10O6. The van der Waals surface area contributed by atoms with E-state index in [0.717, 1.165) is 95.2 Å². The maximum atomic E-state index is 14.3. The first-order valence-corrected chi connectivity index (χ1v) is 20.7. The zero-order chi connectivity index (χ0) is 42.6. The number of aromatic nitrogens is 6. The summed E-state index contributed by atoms with van der Waals surface area (Å²) < 4.78 is 50.8. The number of halogens is 3. The summed E-state index contributed by atoms with van der Waals surface area (Å²) in [5, 5.41) is 18.7. The molecule has 5 heterocycles. The van der Waals surface area contributed by atoms with Crippen molar-refractivity contribution in [2.24, 2.45) is 12.5 Å². The van der Waals surface area contributed by atoms with Gasteiger partial charge in [-0.1, -0.05) is 11.2 Å². The Morgan fingerprint density at radius 3 is 2.46 bits per heavy atom. The third kappa shape index (κ3) is 7.41. The molecule has 16 nitrogen and oxygen atoms in total. The maximum Gasteiger partial charge on any atom is 0.329 e. The molecule has 5 fully saturated rings. The van der Waals surface area contributed by atoms with Gasteiger partial charge in [-0.15, -0.1) is 0 Å². The fourth-order valence-corrected chi connectivity index (χ4v) is 9.61. The van der Waals surface area contributed by atoms with Crippen molar-refractivity contribution in [2.45, 2.75) is 75.7 Å². The number of hydrogen-bond acceptors (Lipinski definition) is 12. The minimum absolute atomic E-state index is 0.196. The number of imide groups is 1. The molecule has 3 N–H and O–H groups in total. The molecule has 5 aromatic rings. The van der Waals surface area contributed by atoms with Gasteiger partial charge in [0.15, 0.2) is 23.2 Å². The Kier molecular flexibility index (Phi) is 10.4. The molecule has 2 aliphatic heterocycles. The Labute approximate surface area is 347 Å². The van der Waals surface area contributed by atoms with Crippen LogP contribution in [0.3, 0.4) is 0 Å². The fourth-order valence-electron chi connectivity index (χ4n) is 9.61. The van der Waals surface area contributed by atoms with Gasteiger partial charge in [-0.25, -0.2) is 23.5 Å². The lowest BCUT2D eigenvalue weighted by Gasteiger charge is -2.52. The van der Waals surface area contributed by atoms with E-state index in [0.29, 0.717) is 41.4 Å². The number of benzene rings is 2. The number of fused-ring (bicyclic) bond motifs is 4. The highest BCUT2D eigenvalue weighted by Gasteiger charge is 2.51. The van der Waals surface area contributed by atoms with Gasteiger partial charge in [0.2, 0.25) is 23.6 Å². The number of hydrogen-bond donors (Lipinski definition) is 3. The molecule has 19 heteroatoms. The third-order valence-corrected chi connectivity index (χ3v) is 13.4. The van der Waals surface area contributed by atoms with Gasteiger partial charge in [0.25, 0.3) is 11.8 Å². The number of aryl methyl sites for hydroxylation is 2. The molecule has 1 atom stereocenters. The molecule has 3 aliphatic carbocycles. The first-order chi connectivity index (χ1) is 29.3. The summed E-state index contributed by atoms with van der Waals surface area (Å²) in [7, 11) is 1.70. The molecule has 10 rings (SSSR count). The normalized spacial score (nSPS) is 23.1. The highest BCUT2D eigenvalue weighted by molar-refractivity contribution is 6.00. The largest absolute Gasteiger partial charge is 0.503 e. The average molecular weight is 843 g/mol. The number of phenols is 1. The molecule has 320 valence electrons. The summed E-state index contributed by atoms with van der Waals surface area (Å²) in [4.78, 5) is 68.8. The molecule has 2 bridgehead atoms. The van der Waals surface area contributed by atoms with E-state index in [1.165, 1.54) is 4.57 Å². The SMILES string of the molecule is Cn1c(=O)n([C@@H]2CCC(=O)NC2=O)c2ccc(CCCN3CCN(c4nccc(-c5nc(C67CCC(CNC(=O)c8cc(F)c(O)c(F)c8F)(CC6)CC7)no5)n4)CC3)cc21. The molecular weight excluding hydrogens is 798 g/mol. The number of carbonyl (C=O) groups excluding carboxylic acids is 3. The number of aromatic hydroxyl groups is 1. The molecule has 0 unspecified atom stereocenters. The lowest BCUT2D eigenvalue weighted by molar-refractivity contribution is -0.135. The van der Waals surface area contributed by atoms with Gasteiger partial charge in [0, 0.05) is 57.8 Å². The van der Waals surface area contributed by atoms with Gasteiger partial charge in [-0.05, 0) is 99.6 Å². The van der Waals surface area contributed by atoms with Crippen LogP contribution in [0.1, 0.15) is 85.6 Å². The number of anilines is 1. The van der Waals surface area contributed by atoms with Gasteiger partial charge in [-0.2, -0.15) is 9.37 Å². The number of imidazole rings is 1. The number of phenolic OH excluding ortho intramolecular Hbond substituents is 1. The highest BCUT2D eigenvalue weighted by atomic mass is 19.2. The molecule has 3 aromatic heterocycles. The van der Waals surface area contributed by atoms with Crippen molar-refractivity contribution >= 4 is 34.7 Å². The van der Waals surface area contributed by atoms with E-state index in [1.807, 2.05) is 18.2 Å². The lowest BCUT2D eigenvalue weighted by Crippen LogP contribution is -2.49. The van der Waals surface area contributed by atoms with Crippen molar-refractivity contribution in [1.82, 2.24) is 44.8 Å². The second kappa shape index (κ2) is 15.7. The van der Waals surface area contributed by atoms with Crippen LogP contribution >= 0.6 is 0 Å². The van der Waals surface area contributed by atoms with Gasteiger partial charge in [0.1, 0.15) is 11.7 Å². The van der Waals surface area contributed by atoms with Crippen LogP contribution in [0.2, 0.25) is 0 Å². The summed E-state index contributed by atoms with van der Waals surface area (Å²) in [6, 6.07) is 7.44. The molecule has 2 saturated heterocycles. The zero-order valence-corrected chi connectivity index (χ0v) is 33.6.